The Hall–Kier alpha value is -3.09. The molecule has 3 rings (SSSR count). The number of hydrogen-bond acceptors (Lipinski definition) is 3. The molecular formula is C16H14FN3O3. The highest BCUT2D eigenvalue weighted by Gasteiger charge is 2.10. The number of fused-ring (bicyclic) bond motifs is 1. The van der Waals surface area contributed by atoms with Gasteiger partial charge in [0, 0.05) is 24.0 Å². The zero-order chi connectivity index (χ0) is 16.4. The first-order valence-corrected chi connectivity index (χ1v) is 7.04. The van der Waals surface area contributed by atoms with E-state index in [1.165, 1.54) is 22.8 Å². The van der Waals surface area contributed by atoms with Crippen LogP contribution in [-0.4, -0.2) is 10.6 Å². The van der Waals surface area contributed by atoms with E-state index in [9.17, 15) is 14.0 Å². The van der Waals surface area contributed by atoms with Crippen LogP contribution in [0.4, 0.5) is 20.6 Å². The van der Waals surface area contributed by atoms with Crippen LogP contribution in [0.15, 0.2) is 51.7 Å². The molecule has 0 aliphatic rings. The molecule has 23 heavy (non-hydrogen) atoms. The monoisotopic (exact) mass is 315 g/mol. The average molecular weight is 315 g/mol. The van der Waals surface area contributed by atoms with Gasteiger partial charge >= 0.3 is 11.8 Å². The van der Waals surface area contributed by atoms with Crippen molar-refractivity contribution in [2.45, 2.75) is 13.5 Å². The Morgan fingerprint density at radius 1 is 1.17 bits per heavy atom. The van der Waals surface area contributed by atoms with E-state index in [0.29, 0.717) is 29.0 Å². The Labute approximate surface area is 130 Å². The molecule has 0 saturated carbocycles. The van der Waals surface area contributed by atoms with Crippen LogP contribution in [0.5, 0.6) is 0 Å². The highest BCUT2D eigenvalue weighted by Crippen LogP contribution is 2.19. The van der Waals surface area contributed by atoms with Gasteiger partial charge in [0.25, 0.3) is 0 Å². The molecule has 0 radical (unpaired) electrons. The van der Waals surface area contributed by atoms with Crippen LogP contribution in [-0.2, 0) is 6.54 Å². The number of rotatable bonds is 3. The maximum absolute atomic E-state index is 13.1. The molecule has 2 N–H and O–H groups in total. The van der Waals surface area contributed by atoms with E-state index in [2.05, 4.69) is 10.6 Å². The van der Waals surface area contributed by atoms with Crippen LogP contribution in [0.25, 0.3) is 11.1 Å². The number of nitrogens with zero attached hydrogens (tertiary/aromatic N) is 1. The summed E-state index contributed by atoms with van der Waals surface area (Å²) in [6.07, 6.45) is 0. The molecule has 0 atom stereocenters. The third kappa shape index (κ3) is 3.08. The first-order valence-electron chi connectivity index (χ1n) is 7.04. The minimum atomic E-state index is -0.521. The first-order chi connectivity index (χ1) is 11.1. The van der Waals surface area contributed by atoms with Gasteiger partial charge in [-0.2, -0.15) is 0 Å². The second kappa shape index (κ2) is 5.96. The summed E-state index contributed by atoms with van der Waals surface area (Å²) in [5, 5.41) is 5.12. The molecule has 6 nitrogen and oxygen atoms in total. The second-order valence-corrected chi connectivity index (χ2v) is 4.88. The molecule has 118 valence electrons. The Balaban J connectivity index is 1.78. The number of carbonyl (C=O) groups excluding carboxylic acids is 1. The van der Waals surface area contributed by atoms with E-state index in [0.717, 1.165) is 0 Å². The molecule has 0 unspecified atom stereocenters. The number of anilines is 2. The smallest absolute Gasteiger partial charge is 0.408 e. The zero-order valence-corrected chi connectivity index (χ0v) is 12.3. The van der Waals surface area contributed by atoms with E-state index >= 15 is 0 Å². The van der Waals surface area contributed by atoms with Crippen molar-refractivity contribution in [3.05, 3.63) is 58.8 Å². The quantitative estimate of drug-likeness (QED) is 0.777. The molecule has 2 amide bonds. The van der Waals surface area contributed by atoms with Gasteiger partial charge < -0.3 is 15.1 Å². The van der Waals surface area contributed by atoms with Crippen LogP contribution < -0.4 is 16.4 Å². The van der Waals surface area contributed by atoms with Crippen molar-refractivity contribution in [1.82, 2.24) is 4.57 Å². The topological polar surface area (TPSA) is 76.3 Å². The molecule has 0 bridgehead atoms. The minimum absolute atomic E-state index is 0.340. The van der Waals surface area contributed by atoms with E-state index < -0.39 is 17.6 Å². The Morgan fingerprint density at radius 3 is 2.61 bits per heavy atom. The number of benzene rings is 2. The number of aryl methyl sites for hydroxylation is 1. The lowest BCUT2D eigenvalue weighted by Crippen LogP contribution is -2.19. The van der Waals surface area contributed by atoms with Crippen molar-refractivity contribution in [1.29, 1.82) is 0 Å². The molecular weight excluding hydrogens is 301 g/mol. The second-order valence-electron chi connectivity index (χ2n) is 4.88. The highest BCUT2D eigenvalue weighted by molar-refractivity contribution is 6.00. The number of urea groups is 1. The lowest BCUT2D eigenvalue weighted by Gasteiger charge is -2.07. The van der Waals surface area contributed by atoms with Crippen LogP contribution in [0.1, 0.15) is 6.92 Å². The summed E-state index contributed by atoms with van der Waals surface area (Å²) < 4.78 is 19.7. The Morgan fingerprint density at radius 2 is 1.91 bits per heavy atom. The summed E-state index contributed by atoms with van der Waals surface area (Å²) >= 11 is 0. The molecule has 1 heterocycles. The van der Waals surface area contributed by atoms with E-state index in [1.807, 2.05) is 6.92 Å². The molecule has 0 aliphatic carbocycles. The largest absolute Gasteiger partial charge is 0.419 e. The fourth-order valence-corrected chi connectivity index (χ4v) is 2.30. The summed E-state index contributed by atoms with van der Waals surface area (Å²) in [4.78, 5) is 23.6. The molecule has 2 aromatic carbocycles. The Bertz CT molecular complexity index is 930. The minimum Gasteiger partial charge on any atom is -0.408 e. The van der Waals surface area contributed by atoms with Crippen molar-refractivity contribution < 1.29 is 13.6 Å². The van der Waals surface area contributed by atoms with Gasteiger partial charge in [0.15, 0.2) is 5.58 Å². The maximum Gasteiger partial charge on any atom is 0.419 e. The molecule has 0 fully saturated rings. The molecule has 7 heteroatoms. The molecule has 0 spiro atoms. The van der Waals surface area contributed by atoms with Gasteiger partial charge in [-0.05, 0) is 37.3 Å². The van der Waals surface area contributed by atoms with Gasteiger partial charge in [-0.1, -0.05) is 6.07 Å². The first kappa shape index (κ1) is 14.8. The summed E-state index contributed by atoms with van der Waals surface area (Å²) in [5.41, 5.74) is 1.85. The van der Waals surface area contributed by atoms with Gasteiger partial charge in [0.1, 0.15) is 5.82 Å². The van der Waals surface area contributed by atoms with E-state index in [4.69, 9.17) is 4.42 Å². The van der Waals surface area contributed by atoms with Crippen LogP contribution in [0.3, 0.4) is 0 Å². The van der Waals surface area contributed by atoms with Crippen molar-refractivity contribution >= 4 is 28.5 Å². The van der Waals surface area contributed by atoms with Crippen molar-refractivity contribution in [2.75, 3.05) is 10.6 Å². The number of carbonyl (C=O) groups is 1. The van der Waals surface area contributed by atoms with E-state index in [-0.39, 0.29) is 0 Å². The summed E-state index contributed by atoms with van der Waals surface area (Å²) in [6.45, 7) is 2.34. The highest BCUT2D eigenvalue weighted by atomic mass is 19.1. The number of aromatic nitrogens is 1. The summed E-state index contributed by atoms with van der Waals surface area (Å²) in [6, 6.07) is 9.98. The van der Waals surface area contributed by atoms with Crippen molar-refractivity contribution in [3.8, 4) is 0 Å². The summed E-state index contributed by atoms with van der Waals surface area (Å²) in [7, 11) is 0. The number of hydrogen-bond donors (Lipinski definition) is 2. The van der Waals surface area contributed by atoms with Crippen LogP contribution >= 0.6 is 0 Å². The lowest BCUT2D eigenvalue weighted by molar-refractivity contribution is 0.262. The fourth-order valence-electron chi connectivity index (χ4n) is 2.30. The third-order valence-corrected chi connectivity index (χ3v) is 3.32. The Kier molecular flexibility index (Phi) is 3.84. The van der Waals surface area contributed by atoms with Gasteiger partial charge in [-0.3, -0.25) is 4.57 Å². The number of amides is 2. The van der Waals surface area contributed by atoms with Crippen molar-refractivity contribution in [3.63, 3.8) is 0 Å². The van der Waals surface area contributed by atoms with Gasteiger partial charge in [-0.15, -0.1) is 0 Å². The average Bonchev–Trinajstić information content (AvgIpc) is 2.81. The van der Waals surface area contributed by atoms with Gasteiger partial charge in [0.2, 0.25) is 0 Å². The van der Waals surface area contributed by atoms with Crippen LogP contribution in [0, 0.1) is 5.82 Å². The van der Waals surface area contributed by atoms with E-state index in [1.54, 1.807) is 24.3 Å². The zero-order valence-electron chi connectivity index (χ0n) is 12.3. The molecule has 0 aliphatic heterocycles. The molecule has 1 aromatic heterocycles. The lowest BCUT2D eigenvalue weighted by atomic mass is 10.3. The maximum atomic E-state index is 13.1. The summed E-state index contributed by atoms with van der Waals surface area (Å²) in [5.74, 6) is -0.879. The molecule has 0 saturated heterocycles. The van der Waals surface area contributed by atoms with Gasteiger partial charge in [-0.25, -0.2) is 14.0 Å². The predicted octanol–water partition coefficient (Wildman–Crippen LogP) is 3.40. The number of halogens is 1. The number of oxazole rings is 1. The number of nitrogens with one attached hydrogen (secondary N) is 2. The fraction of sp³-hybridized carbons (Fsp3) is 0.125. The predicted molar refractivity (Wildman–Crippen MR) is 85.2 cm³/mol. The van der Waals surface area contributed by atoms with Crippen molar-refractivity contribution in [2.24, 2.45) is 0 Å². The SMILES string of the molecule is CCn1c(=O)oc2cc(NC(=O)Nc3cccc(F)c3)ccc21. The van der Waals surface area contributed by atoms with Crippen LogP contribution in [0.2, 0.25) is 0 Å². The molecule has 3 aromatic rings. The van der Waals surface area contributed by atoms with Gasteiger partial charge in [0.05, 0.1) is 5.52 Å². The third-order valence-electron chi connectivity index (χ3n) is 3.32. The standard InChI is InChI=1S/C16H14FN3O3/c1-2-20-13-7-6-12(9-14(13)23-16(20)22)19-15(21)18-11-5-3-4-10(17)8-11/h3-9H,2H2,1H3,(H2,18,19,21). The normalized spacial score (nSPS) is 10.7.